The number of nitrogens with zero attached hydrogens (tertiary/aromatic N) is 1. The lowest BCUT2D eigenvalue weighted by molar-refractivity contribution is -0.129. The van der Waals surface area contributed by atoms with Gasteiger partial charge in [0.15, 0.2) is 0 Å². The van der Waals surface area contributed by atoms with Crippen LogP contribution in [0.1, 0.15) is 5.56 Å². The highest BCUT2D eigenvalue weighted by Crippen LogP contribution is 2.27. The van der Waals surface area contributed by atoms with Crippen molar-refractivity contribution in [3.8, 4) is 0 Å². The summed E-state index contributed by atoms with van der Waals surface area (Å²) < 4.78 is 0. The van der Waals surface area contributed by atoms with Crippen LogP contribution in [0.2, 0.25) is 10.0 Å². The van der Waals surface area contributed by atoms with Crippen LogP contribution in [0, 0.1) is 0 Å². The first-order valence-electron chi connectivity index (χ1n) is 5.21. The van der Waals surface area contributed by atoms with E-state index >= 15 is 0 Å². The lowest BCUT2D eigenvalue weighted by Crippen LogP contribution is -2.52. The highest BCUT2D eigenvalue weighted by atomic mass is 35.5. The fourth-order valence-electron chi connectivity index (χ4n) is 1.54. The van der Waals surface area contributed by atoms with E-state index in [1.165, 1.54) is 13.1 Å². The maximum atomic E-state index is 11.9. The molecular formula is C12H8Cl2N2O3. The molecule has 1 N–H and O–H groups in total. The molecule has 0 saturated carbocycles. The quantitative estimate of drug-likeness (QED) is 0.638. The highest BCUT2D eigenvalue weighted by Gasteiger charge is 2.33. The Labute approximate surface area is 118 Å². The number of urea groups is 1. The van der Waals surface area contributed by atoms with Crippen molar-refractivity contribution in [3.05, 3.63) is 39.4 Å². The van der Waals surface area contributed by atoms with Crippen molar-refractivity contribution in [3.63, 3.8) is 0 Å². The van der Waals surface area contributed by atoms with E-state index in [9.17, 15) is 14.4 Å². The number of hydrogen-bond acceptors (Lipinski definition) is 3. The zero-order valence-electron chi connectivity index (χ0n) is 9.74. The van der Waals surface area contributed by atoms with E-state index in [0.29, 0.717) is 15.6 Å². The summed E-state index contributed by atoms with van der Waals surface area (Å²) in [4.78, 5) is 35.6. The van der Waals surface area contributed by atoms with Gasteiger partial charge in [0.25, 0.3) is 11.8 Å². The van der Waals surface area contributed by atoms with Gasteiger partial charge in [0.05, 0.1) is 0 Å². The van der Waals surface area contributed by atoms with Gasteiger partial charge in [-0.05, 0) is 18.2 Å². The van der Waals surface area contributed by atoms with Crippen LogP contribution in [0.15, 0.2) is 23.8 Å². The van der Waals surface area contributed by atoms with Gasteiger partial charge in [-0.2, -0.15) is 0 Å². The molecule has 7 heteroatoms. The normalized spacial score (nSPS) is 17.9. The van der Waals surface area contributed by atoms with Gasteiger partial charge in [-0.3, -0.25) is 19.8 Å². The fraction of sp³-hybridized carbons (Fsp3) is 0.0833. The van der Waals surface area contributed by atoms with Gasteiger partial charge in [-0.1, -0.05) is 29.3 Å². The van der Waals surface area contributed by atoms with Gasteiger partial charge in [-0.25, -0.2) is 4.79 Å². The molecule has 98 valence electrons. The number of hydrogen-bond donors (Lipinski definition) is 1. The zero-order valence-corrected chi connectivity index (χ0v) is 11.2. The molecule has 0 aliphatic carbocycles. The summed E-state index contributed by atoms with van der Waals surface area (Å²) in [6.07, 6.45) is 1.27. The van der Waals surface area contributed by atoms with Crippen LogP contribution in [0.5, 0.6) is 0 Å². The number of rotatable bonds is 1. The number of likely N-dealkylation sites (N-methyl/N-ethyl adjacent to an activating group) is 1. The summed E-state index contributed by atoms with van der Waals surface area (Å²) in [5, 5.41) is 2.65. The molecule has 2 rings (SSSR count). The van der Waals surface area contributed by atoms with Crippen LogP contribution in [0.3, 0.4) is 0 Å². The van der Waals surface area contributed by atoms with Crippen LogP contribution >= 0.6 is 23.2 Å². The first kappa shape index (κ1) is 13.6. The van der Waals surface area contributed by atoms with E-state index in [2.05, 4.69) is 0 Å². The highest BCUT2D eigenvalue weighted by molar-refractivity contribution is 6.38. The summed E-state index contributed by atoms with van der Waals surface area (Å²) in [6, 6.07) is 4.04. The number of halogens is 2. The van der Waals surface area contributed by atoms with Crippen molar-refractivity contribution in [2.75, 3.05) is 7.05 Å². The average molecular weight is 299 g/mol. The minimum Gasteiger partial charge on any atom is -0.273 e. The molecule has 1 aliphatic rings. The Hall–Kier alpha value is -1.85. The molecule has 0 aromatic heterocycles. The summed E-state index contributed by atoms with van der Waals surface area (Å²) >= 11 is 11.9. The van der Waals surface area contributed by atoms with Crippen molar-refractivity contribution in [2.45, 2.75) is 0 Å². The maximum absolute atomic E-state index is 11.9. The third-order valence-corrected chi connectivity index (χ3v) is 3.25. The molecule has 0 atom stereocenters. The molecule has 1 aromatic carbocycles. The predicted molar refractivity (Wildman–Crippen MR) is 70.7 cm³/mol. The van der Waals surface area contributed by atoms with Crippen LogP contribution < -0.4 is 5.32 Å². The zero-order chi connectivity index (χ0) is 14.2. The molecule has 1 aliphatic heterocycles. The summed E-state index contributed by atoms with van der Waals surface area (Å²) in [5.41, 5.74) is 0.157. The maximum Gasteiger partial charge on any atom is 0.331 e. The smallest absolute Gasteiger partial charge is 0.273 e. The third-order valence-electron chi connectivity index (χ3n) is 2.59. The van der Waals surface area contributed by atoms with Gasteiger partial charge < -0.3 is 0 Å². The molecule has 1 fully saturated rings. The molecule has 0 bridgehead atoms. The molecule has 4 amide bonds. The van der Waals surface area contributed by atoms with Crippen molar-refractivity contribution in [1.82, 2.24) is 10.2 Å². The number of carbonyl (C=O) groups is 3. The van der Waals surface area contributed by atoms with Gasteiger partial charge in [0.1, 0.15) is 5.57 Å². The third kappa shape index (κ3) is 2.47. The Balaban J connectivity index is 2.51. The lowest BCUT2D eigenvalue weighted by atomic mass is 10.1. The van der Waals surface area contributed by atoms with Gasteiger partial charge in [0.2, 0.25) is 0 Å². The minimum atomic E-state index is -0.774. The molecule has 1 aromatic rings. The van der Waals surface area contributed by atoms with Gasteiger partial charge in [-0.15, -0.1) is 0 Å². The molecule has 1 heterocycles. The fourth-order valence-corrected chi connectivity index (χ4v) is 2.05. The predicted octanol–water partition coefficient (Wildman–Crippen LogP) is 2.08. The van der Waals surface area contributed by atoms with Crippen molar-refractivity contribution in [1.29, 1.82) is 0 Å². The molecule has 19 heavy (non-hydrogen) atoms. The first-order chi connectivity index (χ1) is 8.91. The Morgan fingerprint density at radius 2 is 1.74 bits per heavy atom. The number of amides is 4. The van der Waals surface area contributed by atoms with E-state index in [-0.39, 0.29) is 5.57 Å². The second-order valence-corrected chi connectivity index (χ2v) is 4.63. The molecule has 0 unspecified atom stereocenters. The summed E-state index contributed by atoms with van der Waals surface area (Å²) in [5.74, 6) is -1.48. The van der Waals surface area contributed by atoms with E-state index in [4.69, 9.17) is 23.2 Å². The molecule has 5 nitrogen and oxygen atoms in total. The largest absolute Gasteiger partial charge is 0.331 e. The average Bonchev–Trinajstić information content (AvgIpc) is 2.35. The number of imide groups is 2. The molecule has 0 radical (unpaired) electrons. The van der Waals surface area contributed by atoms with Crippen molar-refractivity contribution < 1.29 is 14.4 Å². The first-order valence-corrected chi connectivity index (χ1v) is 5.96. The monoisotopic (exact) mass is 298 g/mol. The number of barbiturate groups is 1. The summed E-state index contributed by atoms with van der Waals surface area (Å²) in [6.45, 7) is 0. The second-order valence-electron chi connectivity index (χ2n) is 3.82. The van der Waals surface area contributed by atoms with Crippen LogP contribution in [-0.2, 0) is 9.59 Å². The Bertz CT molecular complexity index is 605. The number of benzene rings is 1. The van der Waals surface area contributed by atoms with Crippen LogP contribution in [-0.4, -0.2) is 29.8 Å². The van der Waals surface area contributed by atoms with Gasteiger partial charge >= 0.3 is 6.03 Å². The van der Waals surface area contributed by atoms with E-state index in [0.717, 1.165) is 4.90 Å². The number of nitrogens with one attached hydrogen (secondary N) is 1. The van der Waals surface area contributed by atoms with E-state index in [1.807, 2.05) is 5.32 Å². The molecular weight excluding hydrogens is 291 g/mol. The minimum absolute atomic E-state index is 0.197. The van der Waals surface area contributed by atoms with Crippen molar-refractivity contribution >= 4 is 47.1 Å². The van der Waals surface area contributed by atoms with Crippen LogP contribution in [0.4, 0.5) is 4.79 Å². The van der Waals surface area contributed by atoms with Gasteiger partial charge in [0, 0.05) is 22.7 Å². The van der Waals surface area contributed by atoms with E-state index in [1.54, 1.807) is 18.2 Å². The Morgan fingerprint density at radius 3 is 2.32 bits per heavy atom. The molecule has 1 saturated heterocycles. The van der Waals surface area contributed by atoms with E-state index < -0.39 is 17.8 Å². The number of carbonyl (C=O) groups excluding carboxylic acids is 3. The topological polar surface area (TPSA) is 66.5 Å². The summed E-state index contributed by atoms with van der Waals surface area (Å²) in [7, 11) is 1.27. The SMILES string of the molecule is CN1C(=O)NC(=O)C(=Cc2c(Cl)cccc2Cl)C1=O. The second kappa shape index (κ2) is 5.03. The standard InChI is InChI=1S/C12H8Cl2N2O3/c1-16-11(18)7(10(17)15-12(16)19)5-6-8(13)3-2-4-9(6)14/h2-5H,1H3,(H,15,17,19). The van der Waals surface area contributed by atoms with Crippen LogP contribution in [0.25, 0.3) is 6.08 Å². The Morgan fingerprint density at radius 1 is 1.16 bits per heavy atom. The Kier molecular flexibility index (Phi) is 3.59. The van der Waals surface area contributed by atoms with Crippen molar-refractivity contribution in [2.24, 2.45) is 0 Å². The lowest BCUT2D eigenvalue weighted by Gasteiger charge is -2.22. The molecule has 0 spiro atoms.